The lowest BCUT2D eigenvalue weighted by atomic mass is 10.1. The van der Waals surface area contributed by atoms with Crippen LogP contribution in [-0.2, 0) is 6.42 Å². The monoisotopic (exact) mass is 310 g/mol. The maximum Gasteiger partial charge on any atom is 0.152 e. The van der Waals surface area contributed by atoms with E-state index in [9.17, 15) is 5.26 Å². The predicted molar refractivity (Wildman–Crippen MR) is 89.8 cm³/mol. The molecule has 0 unspecified atom stereocenters. The van der Waals surface area contributed by atoms with Crippen molar-refractivity contribution in [3.8, 4) is 6.07 Å². The number of thiazole rings is 1. The zero-order valence-corrected chi connectivity index (χ0v) is 13.2. The fourth-order valence-corrected chi connectivity index (χ4v) is 4.31. The van der Waals surface area contributed by atoms with Gasteiger partial charge in [0.05, 0.1) is 16.3 Å². The van der Waals surface area contributed by atoms with Crippen molar-refractivity contribution in [2.75, 3.05) is 0 Å². The predicted octanol–water partition coefficient (Wildman–Crippen LogP) is 4.83. The van der Waals surface area contributed by atoms with Crippen molar-refractivity contribution in [2.24, 2.45) is 0 Å². The van der Waals surface area contributed by atoms with Crippen molar-refractivity contribution in [1.29, 1.82) is 5.26 Å². The van der Waals surface area contributed by atoms with Crippen LogP contribution in [0.3, 0.4) is 0 Å². The molecule has 4 heteroatoms. The number of hydrogen-bond donors (Lipinski definition) is 0. The van der Waals surface area contributed by atoms with Crippen molar-refractivity contribution < 1.29 is 0 Å². The molecule has 0 aliphatic carbocycles. The Bertz CT molecular complexity index is 751. The molecule has 0 spiro atoms. The average molecular weight is 310 g/mol. The van der Waals surface area contributed by atoms with Gasteiger partial charge in [-0.15, -0.1) is 11.3 Å². The van der Waals surface area contributed by atoms with Crippen LogP contribution in [0.15, 0.2) is 52.9 Å². The van der Waals surface area contributed by atoms with Gasteiger partial charge in [0.2, 0.25) is 0 Å². The Morgan fingerprint density at radius 3 is 2.67 bits per heavy atom. The van der Waals surface area contributed by atoms with Crippen molar-refractivity contribution >= 4 is 33.3 Å². The van der Waals surface area contributed by atoms with Crippen molar-refractivity contribution in [3.05, 3.63) is 59.7 Å². The van der Waals surface area contributed by atoms with Crippen LogP contribution < -0.4 is 0 Å². The van der Waals surface area contributed by atoms with Crippen LogP contribution in [0, 0.1) is 18.3 Å². The summed E-state index contributed by atoms with van der Waals surface area (Å²) in [6, 6.07) is 18.8. The number of aryl methyl sites for hydroxylation is 1. The smallest absolute Gasteiger partial charge is 0.152 e. The van der Waals surface area contributed by atoms with E-state index in [-0.39, 0.29) is 5.25 Å². The fourth-order valence-electron chi connectivity index (χ4n) is 2.08. The Morgan fingerprint density at radius 1 is 1.19 bits per heavy atom. The molecule has 0 amide bonds. The summed E-state index contributed by atoms with van der Waals surface area (Å²) >= 11 is 3.21. The maximum absolute atomic E-state index is 9.38. The van der Waals surface area contributed by atoms with Gasteiger partial charge in [-0.3, -0.25) is 0 Å². The Kier molecular flexibility index (Phi) is 4.23. The molecule has 1 heterocycles. The number of hydrogen-bond acceptors (Lipinski definition) is 4. The summed E-state index contributed by atoms with van der Waals surface area (Å²) < 4.78 is 2.14. The maximum atomic E-state index is 9.38. The highest BCUT2D eigenvalue weighted by atomic mass is 32.2. The van der Waals surface area contributed by atoms with Crippen LogP contribution in [-0.4, -0.2) is 10.2 Å². The van der Waals surface area contributed by atoms with Crippen LogP contribution in [0.1, 0.15) is 11.1 Å². The van der Waals surface area contributed by atoms with Crippen molar-refractivity contribution in [1.82, 2.24) is 4.98 Å². The number of para-hydroxylation sites is 1. The quantitative estimate of drug-likeness (QED) is 0.647. The second kappa shape index (κ2) is 6.30. The van der Waals surface area contributed by atoms with E-state index in [4.69, 9.17) is 0 Å². The van der Waals surface area contributed by atoms with Crippen LogP contribution in [0.4, 0.5) is 0 Å². The second-order valence-corrected chi connectivity index (χ2v) is 7.35. The summed E-state index contributed by atoms with van der Waals surface area (Å²) in [6.07, 6.45) is 0.747. The molecule has 104 valence electrons. The van der Waals surface area contributed by atoms with Crippen LogP contribution in [0.2, 0.25) is 0 Å². The van der Waals surface area contributed by atoms with E-state index in [1.54, 1.807) is 23.1 Å². The first-order chi connectivity index (χ1) is 10.2. The van der Waals surface area contributed by atoms with Crippen molar-refractivity contribution in [3.63, 3.8) is 0 Å². The van der Waals surface area contributed by atoms with E-state index in [0.29, 0.717) is 0 Å². The first-order valence-electron chi connectivity index (χ1n) is 6.72. The first-order valence-corrected chi connectivity index (χ1v) is 8.41. The average Bonchev–Trinajstić information content (AvgIpc) is 2.91. The molecule has 0 saturated carbocycles. The summed E-state index contributed by atoms with van der Waals surface area (Å²) in [5.74, 6) is 0. The molecule has 0 radical (unpaired) electrons. The number of thioether (sulfide) groups is 1. The molecule has 3 aromatic rings. The third kappa shape index (κ3) is 3.44. The van der Waals surface area contributed by atoms with Gasteiger partial charge in [-0.2, -0.15) is 5.26 Å². The normalized spacial score (nSPS) is 12.2. The second-order valence-electron chi connectivity index (χ2n) is 4.87. The summed E-state index contributed by atoms with van der Waals surface area (Å²) in [5.41, 5.74) is 3.45. The number of rotatable bonds is 4. The summed E-state index contributed by atoms with van der Waals surface area (Å²) in [7, 11) is 0. The van der Waals surface area contributed by atoms with Gasteiger partial charge in [-0.1, -0.05) is 53.7 Å². The number of nitrogens with zero attached hydrogens (tertiary/aromatic N) is 2. The van der Waals surface area contributed by atoms with E-state index < -0.39 is 0 Å². The zero-order valence-electron chi connectivity index (χ0n) is 11.6. The molecule has 0 N–H and O–H groups in total. The molecule has 2 nitrogen and oxygen atoms in total. The first kappa shape index (κ1) is 14.1. The van der Waals surface area contributed by atoms with E-state index >= 15 is 0 Å². The summed E-state index contributed by atoms with van der Waals surface area (Å²) in [6.45, 7) is 2.07. The SMILES string of the molecule is Cc1ccc(C[C@H](C#N)Sc2nc3ccccc3s2)cc1. The molecule has 3 rings (SSSR count). The van der Waals surface area contributed by atoms with Crippen LogP contribution in [0.5, 0.6) is 0 Å². The van der Waals surface area contributed by atoms with Gasteiger partial charge in [0.25, 0.3) is 0 Å². The van der Waals surface area contributed by atoms with E-state index in [1.165, 1.54) is 15.8 Å². The molecule has 0 aliphatic rings. The highest BCUT2D eigenvalue weighted by Gasteiger charge is 2.13. The van der Waals surface area contributed by atoms with E-state index in [2.05, 4.69) is 48.3 Å². The summed E-state index contributed by atoms with van der Waals surface area (Å²) in [5, 5.41) is 9.28. The van der Waals surface area contributed by atoms with E-state index in [1.807, 2.05) is 18.2 Å². The Labute approximate surface area is 132 Å². The molecule has 0 aliphatic heterocycles. The molecule has 0 fully saturated rings. The van der Waals surface area contributed by atoms with Crippen molar-refractivity contribution in [2.45, 2.75) is 22.9 Å². The standard InChI is InChI=1S/C17H14N2S2/c1-12-6-8-13(9-7-12)10-14(11-18)20-17-19-15-4-2-3-5-16(15)21-17/h2-9,14H,10H2,1H3/t14-/m1/s1. The van der Waals surface area contributed by atoms with Gasteiger partial charge >= 0.3 is 0 Å². The Balaban J connectivity index is 1.75. The Hall–Kier alpha value is -1.83. The van der Waals surface area contributed by atoms with Gasteiger partial charge in [0.15, 0.2) is 4.34 Å². The largest absolute Gasteiger partial charge is 0.230 e. The minimum atomic E-state index is -0.103. The lowest BCUT2D eigenvalue weighted by molar-refractivity contribution is 1.02. The Morgan fingerprint density at radius 2 is 1.95 bits per heavy atom. The number of nitriles is 1. The van der Waals surface area contributed by atoms with Gasteiger partial charge in [-0.05, 0) is 31.0 Å². The summed E-state index contributed by atoms with van der Waals surface area (Å²) in [4.78, 5) is 4.59. The fraction of sp³-hybridized carbons (Fsp3) is 0.176. The van der Waals surface area contributed by atoms with E-state index in [0.717, 1.165) is 16.3 Å². The third-order valence-corrected chi connectivity index (χ3v) is 5.42. The van der Waals surface area contributed by atoms with Gasteiger partial charge in [0.1, 0.15) is 5.25 Å². The number of aromatic nitrogens is 1. The lowest BCUT2D eigenvalue weighted by Gasteiger charge is -2.07. The molecule has 0 saturated heterocycles. The third-order valence-electron chi connectivity index (χ3n) is 3.20. The zero-order chi connectivity index (χ0) is 14.7. The molecule has 1 atom stereocenters. The molecule has 2 aromatic carbocycles. The molecule has 21 heavy (non-hydrogen) atoms. The van der Waals surface area contributed by atoms with Gasteiger partial charge in [0, 0.05) is 0 Å². The molecule has 0 bridgehead atoms. The van der Waals surface area contributed by atoms with Gasteiger partial charge in [-0.25, -0.2) is 4.98 Å². The van der Waals surface area contributed by atoms with Crippen LogP contribution in [0.25, 0.3) is 10.2 Å². The highest BCUT2D eigenvalue weighted by molar-refractivity contribution is 8.01. The number of benzene rings is 2. The minimum Gasteiger partial charge on any atom is -0.230 e. The topological polar surface area (TPSA) is 36.7 Å². The molecular formula is C17H14N2S2. The van der Waals surface area contributed by atoms with Crippen LogP contribution >= 0.6 is 23.1 Å². The molecule has 1 aromatic heterocycles. The highest BCUT2D eigenvalue weighted by Crippen LogP contribution is 2.32. The number of fused-ring (bicyclic) bond motifs is 1. The lowest BCUT2D eigenvalue weighted by Crippen LogP contribution is -2.03. The van der Waals surface area contributed by atoms with Gasteiger partial charge < -0.3 is 0 Å². The minimum absolute atomic E-state index is 0.103. The molecular weight excluding hydrogens is 296 g/mol.